The summed E-state index contributed by atoms with van der Waals surface area (Å²) in [6, 6.07) is 6.59. The molecule has 5 rings (SSSR count). The van der Waals surface area contributed by atoms with E-state index in [9.17, 15) is 29.4 Å². The zero-order valence-electron chi connectivity index (χ0n) is 21.2. The third-order valence-electron chi connectivity index (χ3n) is 6.68. The Bertz CT molecular complexity index is 1450. The highest BCUT2D eigenvalue weighted by atomic mass is 16.6. The molecule has 206 valence electrons. The molecule has 1 aromatic carbocycles. The maximum absolute atomic E-state index is 12.6. The number of nitrogens with zero attached hydrogens (tertiary/aromatic N) is 4. The smallest absolute Gasteiger partial charge is 0.280 e. The number of rotatable bonds is 9. The number of benzene rings is 1. The number of ether oxygens (including phenoxy) is 2. The van der Waals surface area contributed by atoms with Crippen LogP contribution in [0.15, 0.2) is 35.4 Å². The minimum Gasteiger partial charge on any atom is -0.394 e. The van der Waals surface area contributed by atoms with Crippen LogP contribution in [-0.2, 0) is 14.3 Å². The molecular weight excluding hydrogens is 512 g/mol. The lowest BCUT2D eigenvalue weighted by molar-refractivity contribution is -0.118. The van der Waals surface area contributed by atoms with Crippen molar-refractivity contribution in [1.82, 2.24) is 24.4 Å². The molecule has 3 amide bonds. The third-order valence-corrected chi connectivity index (χ3v) is 6.68. The number of H-pyrrole nitrogens is 1. The van der Waals surface area contributed by atoms with Gasteiger partial charge in [0.25, 0.3) is 17.4 Å². The molecule has 2 aromatic heterocycles. The number of aliphatic hydroxyl groups is 2. The number of anilines is 1. The van der Waals surface area contributed by atoms with Crippen molar-refractivity contribution in [3.8, 4) is 0 Å². The SMILES string of the molecule is CC(C)C(=O)Nc1nc2c(ncn2[C@@H]2O[C@H](CO)[C@@H](O)[C@H]2OCCCN2C(=O)c3ccccc3C2=O)c(=O)[nH]1. The van der Waals surface area contributed by atoms with Gasteiger partial charge in [-0.2, -0.15) is 4.98 Å². The minimum absolute atomic E-state index is 0.0209. The Labute approximate surface area is 221 Å². The molecule has 0 unspecified atom stereocenters. The molecule has 0 radical (unpaired) electrons. The van der Waals surface area contributed by atoms with E-state index in [2.05, 4.69) is 20.3 Å². The monoisotopic (exact) mass is 540 g/mol. The van der Waals surface area contributed by atoms with Gasteiger partial charge in [-0.1, -0.05) is 26.0 Å². The van der Waals surface area contributed by atoms with E-state index in [0.29, 0.717) is 11.1 Å². The van der Waals surface area contributed by atoms with Gasteiger partial charge >= 0.3 is 0 Å². The van der Waals surface area contributed by atoms with Crippen molar-refractivity contribution in [1.29, 1.82) is 0 Å². The Morgan fingerprint density at radius 3 is 2.54 bits per heavy atom. The van der Waals surface area contributed by atoms with Crippen molar-refractivity contribution in [2.24, 2.45) is 5.92 Å². The van der Waals surface area contributed by atoms with Crippen molar-refractivity contribution in [3.05, 3.63) is 52.1 Å². The van der Waals surface area contributed by atoms with Gasteiger partial charge in [0, 0.05) is 19.1 Å². The van der Waals surface area contributed by atoms with Crippen LogP contribution in [0.4, 0.5) is 5.95 Å². The molecule has 0 spiro atoms. The molecule has 4 heterocycles. The van der Waals surface area contributed by atoms with Crippen LogP contribution in [0, 0.1) is 5.92 Å². The zero-order chi connectivity index (χ0) is 27.8. The number of aliphatic hydroxyl groups excluding tert-OH is 2. The maximum Gasteiger partial charge on any atom is 0.280 e. The lowest BCUT2D eigenvalue weighted by Crippen LogP contribution is -2.36. The minimum atomic E-state index is -1.24. The number of fused-ring (bicyclic) bond motifs is 2. The first kappa shape index (κ1) is 26.6. The van der Waals surface area contributed by atoms with E-state index in [1.54, 1.807) is 38.1 Å². The zero-order valence-corrected chi connectivity index (χ0v) is 21.2. The van der Waals surface area contributed by atoms with Gasteiger partial charge in [-0.15, -0.1) is 0 Å². The fourth-order valence-corrected chi connectivity index (χ4v) is 4.59. The van der Waals surface area contributed by atoms with Gasteiger partial charge in [-0.25, -0.2) is 4.98 Å². The van der Waals surface area contributed by atoms with Crippen LogP contribution >= 0.6 is 0 Å². The van der Waals surface area contributed by atoms with E-state index in [1.165, 1.54) is 10.9 Å². The first-order valence-electron chi connectivity index (χ1n) is 12.5. The summed E-state index contributed by atoms with van der Waals surface area (Å²) in [5.41, 5.74) is 0.175. The highest BCUT2D eigenvalue weighted by Gasteiger charge is 2.46. The molecule has 14 heteroatoms. The predicted octanol–water partition coefficient (Wildman–Crippen LogP) is 0.0362. The number of nitrogens with one attached hydrogen (secondary N) is 2. The summed E-state index contributed by atoms with van der Waals surface area (Å²) in [5.74, 6) is -1.54. The van der Waals surface area contributed by atoms with Crippen molar-refractivity contribution in [2.75, 3.05) is 25.1 Å². The summed E-state index contributed by atoms with van der Waals surface area (Å²) in [6.07, 6.45) is -2.68. The third kappa shape index (κ3) is 4.83. The summed E-state index contributed by atoms with van der Waals surface area (Å²) in [7, 11) is 0. The average molecular weight is 541 g/mol. The van der Waals surface area contributed by atoms with Gasteiger partial charge in [0.2, 0.25) is 11.9 Å². The van der Waals surface area contributed by atoms with Crippen LogP contribution < -0.4 is 10.9 Å². The lowest BCUT2D eigenvalue weighted by Gasteiger charge is -2.22. The average Bonchev–Trinajstić information content (AvgIpc) is 3.55. The fraction of sp³-hybridized carbons (Fsp3) is 0.440. The molecular formula is C25H28N6O8. The molecule has 3 aromatic rings. The number of hydrogen-bond acceptors (Lipinski definition) is 10. The lowest BCUT2D eigenvalue weighted by atomic mass is 10.1. The second kappa shape index (κ2) is 10.6. The van der Waals surface area contributed by atoms with Crippen molar-refractivity contribution < 1.29 is 34.1 Å². The van der Waals surface area contributed by atoms with E-state index < -0.39 is 36.7 Å². The van der Waals surface area contributed by atoms with E-state index in [1.807, 2.05) is 0 Å². The van der Waals surface area contributed by atoms with E-state index in [4.69, 9.17) is 9.47 Å². The van der Waals surface area contributed by atoms with E-state index in [0.717, 1.165) is 4.90 Å². The summed E-state index contributed by atoms with van der Waals surface area (Å²) in [6.45, 7) is 3.03. The Morgan fingerprint density at radius 2 is 1.90 bits per heavy atom. The molecule has 0 saturated carbocycles. The number of imide groups is 1. The Kier molecular flexibility index (Phi) is 7.27. The molecule has 2 aliphatic heterocycles. The first-order chi connectivity index (χ1) is 18.7. The summed E-state index contributed by atoms with van der Waals surface area (Å²) < 4.78 is 13.2. The predicted molar refractivity (Wildman–Crippen MR) is 135 cm³/mol. The number of imidazole rings is 1. The number of carbonyl (C=O) groups excluding carboxylic acids is 3. The topological polar surface area (TPSA) is 189 Å². The van der Waals surface area contributed by atoms with Crippen LogP contribution in [0.1, 0.15) is 47.2 Å². The molecule has 14 nitrogen and oxygen atoms in total. The van der Waals surface area contributed by atoms with Crippen LogP contribution in [0.3, 0.4) is 0 Å². The molecule has 2 aliphatic rings. The normalized spacial score (nSPS) is 22.7. The van der Waals surface area contributed by atoms with Crippen molar-refractivity contribution in [3.63, 3.8) is 0 Å². The number of carbonyl (C=O) groups is 3. The summed E-state index contributed by atoms with van der Waals surface area (Å²) in [5, 5.41) is 23.0. The molecule has 1 fully saturated rings. The van der Waals surface area contributed by atoms with Gasteiger partial charge in [-0.05, 0) is 18.6 Å². The van der Waals surface area contributed by atoms with Crippen LogP contribution in [0.2, 0.25) is 0 Å². The summed E-state index contributed by atoms with van der Waals surface area (Å²) >= 11 is 0. The Morgan fingerprint density at radius 1 is 1.21 bits per heavy atom. The van der Waals surface area contributed by atoms with Crippen LogP contribution in [0.25, 0.3) is 11.2 Å². The molecule has 4 N–H and O–H groups in total. The van der Waals surface area contributed by atoms with Crippen LogP contribution in [0.5, 0.6) is 0 Å². The quantitative estimate of drug-likeness (QED) is 0.213. The second-order valence-electron chi connectivity index (χ2n) is 9.62. The van der Waals surface area contributed by atoms with Crippen molar-refractivity contribution in [2.45, 2.75) is 44.8 Å². The highest BCUT2D eigenvalue weighted by molar-refractivity contribution is 6.21. The molecule has 1 saturated heterocycles. The number of aromatic amines is 1. The molecule has 4 atom stereocenters. The molecule has 39 heavy (non-hydrogen) atoms. The van der Waals surface area contributed by atoms with Gasteiger partial charge < -0.3 is 19.7 Å². The fourth-order valence-electron chi connectivity index (χ4n) is 4.59. The second-order valence-corrected chi connectivity index (χ2v) is 9.62. The molecule has 0 aliphatic carbocycles. The maximum atomic E-state index is 12.6. The Balaban J connectivity index is 1.32. The number of amides is 3. The van der Waals surface area contributed by atoms with E-state index >= 15 is 0 Å². The van der Waals surface area contributed by atoms with Gasteiger partial charge in [0.15, 0.2) is 17.4 Å². The first-order valence-corrected chi connectivity index (χ1v) is 12.5. The number of aromatic nitrogens is 4. The summed E-state index contributed by atoms with van der Waals surface area (Å²) in [4.78, 5) is 61.9. The van der Waals surface area contributed by atoms with Crippen molar-refractivity contribution >= 4 is 34.8 Å². The number of hydrogen-bond donors (Lipinski definition) is 4. The standard InChI is InChI=1S/C25H28N6O8/c1-12(2)20(34)28-25-27-19-16(21(35)29-25)26-11-31(19)24-18(17(33)15(10-32)39-24)38-9-5-8-30-22(36)13-6-3-4-7-14(13)23(30)37/h3-4,6-7,11-12,15,17-18,24,32-33H,5,8-10H2,1-2H3,(H2,27,28,29,34,35)/t15-,17-,18-,24-/m1/s1. The van der Waals surface area contributed by atoms with Gasteiger partial charge in [0.05, 0.1) is 24.1 Å². The van der Waals surface area contributed by atoms with Crippen LogP contribution in [-0.4, -0.2) is 90.4 Å². The Hall–Kier alpha value is -3.98. The van der Waals surface area contributed by atoms with Gasteiger partial charge in [0.1, 0.15) is 18.3 Å². The van der Waals surface area contributed by atoms with Gasteiger partial charge in [-0.3, -0.25) is 38.9 Å². The van der Waals surface area contributed by atoms with E-state index in [-0.39, 0.29) is 60.3 Å². The highest BCUT2D eigenvalue weighted by Crippen LogP contribution is 2.33. The molecule has 0 bridgehead atoms. The largest absolute Gasteiger partial charge is 0.394 e.